The van der Waals surface area contributed by atoms with Gasteiger partial charge in [0.15, 0.2) is 5.65 Å². The summed E-state index contributed by atoms with van der Waals surface area (Å²) in [4.78, 5) is 9.23. The lowest BCUT2D eigenvalue weighted by molar-refractivity contribution is 0.414. The summed E-state index contributed by atoms with van der Waals surface area (Å²) in [5.41, 5.74) is 4.88. The Balaban J connectivity index is 1.34. The summed E-state index contributed by atoms with van der Waals surface area (Å²) in [7, 11) is 1.68. The molecule has 0 unspecified atom stereocenters. The van der Waals surface area contributed by atoms with E-state index in [-0.39, 0.29) is 0 Å². The molecule has 0 aliphatic carbocycles. The van der Waals surface area contributed by atoms with Crippen molar-refractivity contribution in [1.82, 2.24) is 24.7 Å². The van der Waals surface area contributed by atoms with Crippen LogP contribution in [-0.2, 0) is 6.54 Å². The average molecular weight is 526 g/mol. The highest BCUT2D eigenvalue weighted by Gasteiger charge is 2.15. The van der Waals surface area contributed by atoms with E-state index in [1.165, 1.54) is 5.56 Å². The zero-order valence-electron chi connectivity index (χ0n) is 18.8. The number of rotatable bonds is 6. The fourth-order valence-corrected chi connectivity index (χ4v) is 4.61. The Morgan fingerprint density at radius 1 is 0.914 bits per heavy atom. The average Bonchev–Trinajstić information content (AvgIpc) is 3.46. The Morgan fingerprint density at radius 3 is 2.49 bits per heavy atom. The van der Waals surface area contributed by atoms with Crippen molar-refractivity contribution in [1.29, 1.82) is 0 Å². The summed E-state index contributed by atoms with van der Waals surface area (Å²) < 4.78 is 14.4. The predicted octanol–water partition coefficient (Wildman–Crippen LogP) is 6.59. The third-order valence-corrected chi connectivity index (χ3v) is 6.45. The Labute approximate surface area is 209 Å². The van der Waals surface area contributed by atoms with Crippen LogP contribution < -0.4 is 9.47 Å². The summed E-state index contributed by atoms with van der Waals surface area (Å²) >= 11 is 3.45. The van der Waals surface area contributed by atoms with Crippen molar-refractivity contribution in [2.24, 2.45) is 0 Å². The van der Waals surface area contributed by atoms with Crippen molar-refractivity contribution in [3.8, 4) is 28.6 Å². The van der Waals surface area contributed by atoms with E-state index in [4.69, 9.17) is 14.5 Å². The molecule has 0 aliphatic rings. The smallest absolute Gasteiger partial charge is 0.160 e. The molecule has 0 bridgehead atoms. The number of ether oxygens (including phenoxy) is 2. The van der Waals surface area contributed by atoms with Gasteiger partial charge in [0.1, 0.15) is 27.7 Å². The number of H-pyrrole nitrogens is 1. The van der Waals surface area contributed by atoms with Gasteiger partial charge in [0, 0.05) is 24.4 Å². The molecule has 0 amide bonds. The molecule has 6 rings (SSSR count). The van der Waals surface area contributed by atoms with Gasteiger partial charge in [-0.25, -0.2) is 9.97 Å². The molecule has 0 spiro atoms. The van der Waals surface area contributed by atoms with Gasteiger partial charge in [0.2, 0.25) is 0 Å². The minimum atomic E-state index is 0.665. The summed E-state index contributed by atoms with van der Waals surface area (Å²) in [6.45, 7) is 0.696. The van der Waals surface area contributed by atoms with Crippen molar-refractivity contribution >= 4 is 38.0 Å². The summed E-state index contributed by atoms with van der Waals surface area (Å²) in [5, 5.41) is 7.84. The summed E-state index contributed by atoms with van der Waals surface area (Å²) in [6.07, 6.45) is 1.69. The molecule has 0 radical (unpaired) electrons. The number of aromatic nitrogens is 5. The van der Waals surface area contributed by atoms with Crippen molar-refractivity contribution < 1.29 is 9.47 Å². The maximum absolute atomic E-state index is 6.16. The van der Waals surface area contributed by atoms with Gasteiger partial charge in [0.25, 0.3) is 0 Å². The van der Waals surface area contributed by atoms with Gasteiger partial charge in [-0.3, -0.25) is 5.10 Å². The van der Waals surface area contributed by atoms with Gasteiger partial charge in [0.05, 0.1) is 23.5 Å². The molecule has 0 fully saturated rings. The van der Waals surface area contributed by atoms with E-state index in [0.717, 1.165) is 33.6 Å². The number of pyridine rings is 1. The third-order valence-electron chi connectivity index (χ3n) is 5.87. The summed E-state index contributed by atoms with van der Waals surface area (Å²) in [6, 6.07) is 26.1. The molecule has 3 aromatic carbocycles. The molecule has 0 saturated carbocycles. The Kier molecular flexibility index (Phi) is 5.42. The van der Waals surface area contributed by atoms with Gasteiger partial charge < -0.3 is 14.0 Å². The lowest BCUT2D eigenvalue weighted by atomic mass is 10.1. The molecule has 8 heteroatoms. The van der Waals surface area contributed by atoms with Gasteiger partial charge in [-0.05, 0) is 70.0 Å². The number of aromatic amines is 1. The van der Waals surface area contributed by atoms with E-state index in [2.05, 4.69) is 53.9 Å². The number of hydrogen-bond donors (Lipinski definition) is 1. The Bertz CT molecular complexity index is 1640. The molecular formula is C27H20BrN5O2. The molecule has 172 valence electrons. The number of benzene rings is 3. The van der Waals surface area contributed by atoms with Gasteiger partial charge in [-0.15, -0.1) is 0 Å². The zero-order valence-corrected chi connectivity index (χ0v) is 20.4. The molecule has 0 atom stereocenters. The zero-order chi connectivity index (χ0) is 23.8. The van der Waals surface area contributed by atoms with E-state index in [1.54, 1.807) is 13.3 Å². The van der Waals surface area contributed by atoms with Crippen LogP contribution in [0.15, 0.2) is 89.7 Å². The number of halogens is 1. The minimum Gasteiger partial charge on any atom is -0.497 e. The molecule has 7 nitrogen and oxygen atoms in total. The Morgan fingerprint density at radius 2 is 1.69 bits per heavy atom. The maximum atomic E-state index is 6.16. The standard InChI is InChI=1S/C27H20BrN5O2/c1-34-19-10-6-17(7-11-19)16-33-22-5-3-2-4-21(22)30-27(33)18-8-12-20(13-9-18)35-23-14-15-29-26-24(23)25(28)31-32-26/h2-15H,16H2,1H3,(H,29,31,32). The monoisotopic (exact) mass is 525 g/mol. The quantitative estimate of drug-likeness (QED) is 0.265. The Hall–Kier alpha value is -4.17. The largest absolute Gasteiger partial charge is 0.497 e. The topological polar surface area (TPSA) is 77.9 Å². The third kappa shape index (κ3) is 4.02. The van der Waals surface area contributed by atoms with Crippen LogP contribution in [0.1, 0.15) is 5.56 Å². The fraction of sp³-hybridized carbons (Fsp3) is 0.0741. The minimum absolute atomic E-state index is 0.665. The SMILES string of the molecule is COc1ccc(Cn2c(-c3ccc(Oc4ccnc5[nH]nc(Br)c45)cc3)nc3ccccc32)cc1. The molecular weight excluding hydrogens is 506 g/mol. The number of para-hydroxylation sites is 2. The van der Waals surface area contributed by atoms with Gasteiger partial charge in [-0.2, -0.15) is 5.10 Å². The first kappa shape index (κ1) is 21.4. The van der Waals surface area contributed by atoms with Crippen LogP contribution in [0.25, 0.3) is 33.5 Å². The number of methoxy groups -OCH3 is 1. The second kappa shape index (κ2) is 8.88. The van der Waals surface area contributed by atoms with Crippen molar-refractivity contribution in [3.63, 3.8) is 0 Å². The van der Waals surface area contributed by atoms with E-state index < -0.39 is 0 Å². The van der Waals surface area contributed by atoms with Crippen LogP contribution in [0.5, 0.6) is 17.2 Å². The number of hydrogen-bond acceptors (Lipinski definition) is 5. The van der Waals surface area contributed by atoms with Crippen LogP contribution in [0.3, 0.4) is 0 Å². The highest BCUT2D eigenvalue weighted by Crippen LogP contribution is 2.34. The molecule has 0 aliphatic heterocycles. The van der Waals surface area contributed by atoms with Gasteiger partial charge >= 0.3 is 0 Å². The van der Waals surface area contributed by atoms with Crippen molar-refractivity contribution in [3.05, 3.63) is 95.2 Å². The van der Waals surface area contributed by atoms with Crippen LogP contribution >= 0.6 is 15.9 Å². The maximum Gasteiger partial charge on any atom is 0.160 e. The highest BCUT2D eigenvalue weighted by atomic mass is 79.9. The predicted molar refractivity (Wildman–Crippen MR) is 139 cm³/mol. The lowest BCUT2D eigenvalue weighted by Crippen LogP contribution is -2.02. The first-order valence-electron chi connectivity index (χ1n) is 11.0. The fourth-order valence-electron chi connectivity index (χ4n) is 4.14. The highest BCUT2D eigenvalue weighted by molar-refractivity contribution is 9.10. The first-order valence-corrected chi connectivity index (χ1v) is 11.8. The first-order chi connectivity index (χ1) is 17.2. The molecule has 0 saturated heterocycles. The lowest BCUT2D eigenvalue weighted by Gasteiger charge is -2.11. The van der Waals surface area contributed by atoms with Crippen molar-refractivity contribution in [2.45, 2.75) is 6.54 Å². The van der Waals surface area contributed by atoms with Crippen molar-refractivity contribution in [2.75, 3.05) is 7.11 Å². The van der Waals surface area contributed by atoms with Crippen LogP contribution in [0.2, 0.25) is 0 Å². The van der Waals surface area contributed by atoms with Crippen LogP contribution in [-0.4, -0.2) is 31.8 Å². The van der Waals surface area contributed by atoms with E-state index in [9.17, 15) is 0 Å². The van der Waals surface area contributed by atoms with Crippen LogP contribution in [0, 0.1) is 0 Å². The summed E-state index contributed by atoms with van der Waals surface area (Å²) in [5.74, 6) is 3.13. The molecule has 1 N–H and O–H groups in total. The second-order valence-corrected chi connectivity index (χ2v) is 8.78. The molecule has 3 heterocycles. The van der Waals surface area contributed by atoms with Crippen LogP contribution in [0.4, 0.5) is 0 Å². The molecule has 35 heavy (non-hydrogen) atoms. The molecule has 6 aromatic rings. The second-order valence-electron chi connectivity index (χ2n) is 8.03. The van der Waals surface area contributed by atoms with E-state index in [0.29, 0.717) is 28.3 Å². The number of nitrogens with zero attached hydrogens (tertiary/aromatic N) is 4. The number of imidazole rings is 1. The number of fused-ring (bicyclic) bond motifs is 2. The van der Waals surface area contributed by atoms with E-state index in [1.807, 2.05) is 60.7 Å². The molecule has 3 aromatic heterocycles. The van der Waals surface area contributed by atoms with E-state index >= 15 is 0 Å². The number of nitrogens with one attached hydrogen (secondary N) is 1. The van der Waals surface area contributed by atoms with Gasteiger partial charge in [-0.1, -0.05) is 24.3 Å². The normalized spacial score (nSPS) is 11.3.